The Bertz CT molecular complexity index is 1240. The van der Waals surface area contributed by atoms with Gasteiger partial charge in [-0.2, -0.15) is 18.2 Å². The molecule has 0 bridgehead atoms. The second kappa shape index (κ2) is 6.95. The van der Waals surface area contributed by atoms with Gasteiger partial charge in [-0.05, 0) is 24.3 Å². The Labute approximate surface area is 163 Å². The van der Waals surface area contributed by atoms with Crippen LogP contribution in [0.2, 0.25) is 0 Å². The van der Waals surface area contributed by atoms with Gasteiger partial charge in [0.15, 0.2) is 16.2 Å². The molecular formula is C17H11F4N5O2S. The van der Waals surface area contributed by atoms with E-state index in [9.17, 15) is 22.4 Å². The fourth-order valence-corrected chi connectivity index (χ4v) is 3.27. The summed E-state index contributed by atoms with van der Waals surface area (Å²) < 4.78 is 59.6. The van der Waals surface area contributed by atoms with Gasteiger partial charge in [0.2, 0.25) is 0 Å². The van der Waals surface area contributed by atoms with Crippen molar-refractivity contribution in [3.8, 4) is 11.7 Å². The number of fused-ring (bicyclic) bond motifs is 1. The van der Waals surface area contributed by atoms with E-state index in [0.717, 1.165) is 16.7 Å². The van der Waals surface area contributed by atoms with Crippen LogP contribution in [0.15, 0.2) is 40.8 Å². The lowest BCUT2D eigenvalue weighted by molar-refractivity contribution is -0.137. The van der Waals surface area contributed by atoms with Crippen molar-refractivity contribution in [1.29, 1.82) is 0 Å². The van der Waals surface area contributed by atoms with Crippen LogP contribution >= 0.6 is 11.3 Å². The lowest BCUT2D eigenvalue weighted by Gasteiger charge is -2.12. The number of benzene rings is 1. The number of hydrogen-bond acceptors (Lipinski definition) is 6. The van der Waals surface area contributed by atoms with Gasteiger partial charge in [0.05, 0.1) is 17.7 Å². The molecule has 0 aliphatic rings. The van der Waals surface area contributed by atoms with E-state index in [-0.39, 0.29) is 35.2 Å². The molecule has 4 aromatic rings. The van der Waals surface area contributed by atoms with Crippen LogP contribution in [0.3, 0.4) is 0 Å². The highest BCUT2D eigenvalue weighted by Gasteiger charge is 2.34. The fraction of sp³-hybridized carbons (Fsp3) is 0.176. The number of thiazole rings is 1. The lowest BCUT2D eigenvalue weighted by Crippen LogP contribution is -2.22. The van der Waals surface area contributed by atoms with E-state index in [1.807, 2.05) is 0 Å². The third kappa shape index (κ3) is 3.58. The first kappa shape index (κ1) is 19.1. The fourth-order valence-electron chi connectivity index (χ4n) is 2.60. The number of rotatable bonds is 4. The maximum atomic E-state index is 13.3. The number of nitrogens with zero attached hydrogens (tertiary/aromatic N) is 5. The Morgan fingerprint density at radius 3 is 2.55 bits per heavy atom. The zero-order valence-electron chi connectivity index (χ0n) is 14.6. The van der Waals surface area contributed by atoms with Crippen LogP contribution in [-0.2, 0) is 19.8 Å². The van der Waals surface area contributed by atoms with Crippen LogP contribution in [-0.4, -0.2) is 24.1 Å². The Morgan fingerprint density at radius 2 is 1.90 bits per heavy atom. The molecule has 0 unspecified atom stereocenters. The molecule has 0 saturated heterocycles. The van der Waals surface area contributed by atoms with E-state index < -0.39 is 22.6 Å². The number of ether oxygens (including phenoxy) is 1. The van der Waals surface area contributed by atoms with Crippen LogP contribution in [0.25, 0.3) is 16.9 Å². The number of aromatic nitrogens is 5. The van der Waals surface area contributed by atoms with Gasteiger partial charge in [0.1, 0.15) is 12.4 Å². The van der Waals surface area contributed by atoms with Crippen LogP contribution in [0.1, 0.15) is 10.7 Å². The largest absolute Gasteiger partial charge is 0.458 e. The second-order valence-electron chi connectivity index (χ2n) is 5.97. The Hall–Kier alpha value is -3.28. The second-order valence-corrected chi connectivity index (χ2v) is 6.83. The molecule has 3 aromatic heterocycles. The molecule has 4 rings (SSSR count). The molecule has 0 saturated carbocycles. The maximum absolute atomic E-state index is 13.3. The van der Waals surface area contributed by atoms with Crippen LogP contribution < -0.4 is 10.3 Å². The highest BCUT2D eigenvalue weighted by Crippen LogP contribution is 2.31. The van der Waals surface area contributed by atoms with E-state index in [1.165, 1.54) is 28.4 Å². The molecule has 7 nitrogen and oxygen atoms in total. The van der Waals surface area contributed by atoms with Gasteiger partial charge in [-0.3, -0.25) is 4.79 Å². The molecular weight excluding hydrogens is 414 g/mol. The summed E-state index contributed by atoms with van der Waals surface area (Å²) in [7, 11) is 1.63. The minimum absolute atomic E-state index is 0.0346. The molecule has 1 aromatic carbocycles. The maximum Gasteiger partial charge on any atom is 0.443 e. The molecule has 12 heteroatoms. The Balaban J connectivity index is 1.76. The summed E-state index contributed by atoms with van der Waals surface area (Å²) in [5.74, 6) is -0.502. The summed E-state index contributed by atoms with van der Waals surface area (Å²) in [6, 6.07) is 4.84. The van der Waals surface area contributed by atoms with E-state index in [2.05, 4.69) is 15.0 Å². The van der Waals surface area contributed by atoms with Crippen LogP contribution in [0.5, 0.6) is 6.01 Å². The van der Waals surface area contributed by atoms with E-state index in [1.54, 1.807) is 7.05 Å². The molecule has 0 aliphatic heterocycles. The molecule has 0 amide bonds. The average molecular weight is 425 g/mol. The van der Waals surface area contributed by atoms with Crippen molar-refractivity contribution in [1.82, 2.24) is 24.1 Å². The first-order chi connectivity index (χ1) is 13.7. The zero-order chi connectivity index (χ0) is 20.8. The van der Waals surface area contributed by atoms with Gasteiger partial charge in [0, 0.05) is 12.4 Å². The first-order valence-corrected chi connectivity index (χ1v) is 8.96. The third-order valence-electron chi connectivity index (χ3n) is 3.93. The van der Waals surface area contributed by atoms with Gasteiger partial charge < -0.3 is 9.30 Å². The van der Waals surface area contributed by atoms with Crippen molar-refractivity contribution in [3.05, 3.63) is 62.8 Å². The normalized spacial score (nSPS) is 11.9. The van der Waals surface area contributed by atoms with Gasteiger partial charge in [-0.15, -0.1) is 11.3 Å². The predicted octanol–water partition coefficient (Wildman–Crippen LogP) is 3.31. The van der Waals surface area contributed by atoms with Crippen LogP contribution in [0, 0.1) is 5.82 Å². The zero-order valence-corrected chi connectivity index (χ0v) is 15.5. The summed E-state index contributed by atoms with van der Waals surface area (Å²) in [5.41, 5.74) is 0.0364. The molecule has 0 atom stereocenters. The standard InChI is InChI=1S/C17H11F4N5O2S/c1-25-8-22-12-13(25)24-16(26(14(12)27)11-4-2-9(18)3-5-11)28-6-10-7-29-15(23-10)17(19,20)21/h2-5,7-8H,6H2,1H3. The molecule has 3 heterocycles. The average Bonchev–Trinajstić information content (AvgIpc) is 3.29. The molecule has 0 spiro atoms. The number of alkyl halides is 3. The predicted molar refractivity (Wildman–Crippen MR) is 95.5 cm³/mol. The topological polar surface area (TPSA) is 74.8 Å². The summed E-state index contributed by atoms with van der Waals surface area (Å²) in [4.78, 5) is 24.7. The first-order valence-electron chi connectivity index (χ1n) is 8.08. The monoisotopic (exact) mass is 425 g/mol. The van der Waals surface area contributed by atoms with Gasteiger partial charge >= 0.3 is 12.2 Å². The molecule has 29 heavy (non-hydrogen) atoms. The number of hydrogen-bond donors (Lipinski definition) is 0. The lowest BCUT2D eigenvalue weighted by atomic mass is 10.3. The van der Waals surface area contributed by atoms with Crippen molar-refractivity contribution >= 4 is 22.5 Å². The Kier molecular flexibility index (Phi) is 4.57. The molecule has 0 aliphatic carbocycles. The number of aryl methyl sites for hydroxylation is 1. The number of imidazole rings is 1. The van der Waals surface area contributed by atoms with Crippen molar-refractivity contribution in [3.63, 3.8) is 0 Å². The summed E-state index contributed by atoms with van der Waals surface area (Å²) in [6.07, 6.45) is -3.15. The third-order valence-corrected chi connectivity index (χ3v) is 4.87. The summed E-state index contributed by atoms with van der Waals surface area (Å²) >= 11 is 0.443. The van der Waals surface area contributed by atoms with Gasteiger partial charge in [0.25, 0.3) is 5.56 Å². The smallest absolute Gasteiger partial charge is 0.443 e. The quantitative estimate of drug-likeness (QED) is 0.469. The van der Waals surface area contributed by atoms with E-state index in [4.69, 9.17) is 4.74 Å². The van der Waals surface area contributed by atoms with Crippen molar-refractivity contribution in [2.24, 2.45) is 7.05 Å². The molecule has 0 radical (unpaired) electrons. The van der Waals surface area contributed by atoms with E-state index >= 15 is 0 Å². The number of halogens is 4. The minimum atomic E-state index is -4.55. The Morgan fingerprint density at radius 1 is 1.17 bits per heavy atom. The molecule has 0 N–H and O–H groups in total. The molecule has 0 fully saturated rings. The minimum Gasteiger partial charge on any atom is -0.458 e. The van der Waals surface area contributed by atoms with Crippen LogP contribution in [0.4, 0.5) is 17.6 Å². The van der Waals surface area contributed by atoms with Crippen molar-refractivity contribution in [2.75, 3.05) is 0 Å². The highest BCUT2D eigenvalue weighted by atomic mass is 32.1. The SMILES string of the molecule is Cn1cnc2c(=O)n(-c3ccc(F)cc3)c(OCc3csc(C(F)(F)F)n3)nc21. The highest BCUT2D eigenvalue weighted by molar-refractivity contribution is 7.09. The van der Waals surface area contributed by atoms with Crippen molar-refractivity contribution in [2.45, 2.75) is 12.8 Å². The van der Waals surface area contributed by atoms with E-state index in [0.29, 0.717) is 11.3 Å². The molecule has 150 valence electrons. The summed E-state index contributed by atoms with van der Waals surface area (Å²) in [6.45, 7) is -0.344. The van der Waals surface area contributed by atoms with Crippen molar-refractivity contribution < 1.29 is 22.3 Å². The van der Waals surface area contributed by atoms with Gasteiger partial charge in [-0.25, -0.2) is 18.9 Å². The summed E-state index contributed by atoms with van der Waals surface area (Å²) in [5, 5.41) is 0.216. The van der Waals surface area contributed by atoms with Gasteiger partial charge in [-0.1, -0.05) is 0 Å².